The van der Waals surface area contributed by atoms with Crippen LogP contribution in [0.4, 0.5) is 4.79 Å². The molecule has 0 saturated heterocycles. The van der Waals surface area contributed by atoms with Crippen LogP contribution in [-0.2, 0) is 17.9 Å². The Labute approximate surface area is 129 Å². The second-order valence-corrected chi connectivity index (χ2v) is 4.88. The number of nitrogens with zero attached hydrogens (tertiary/aromatic N) is 1. The van der Waals surface area contributed by atoms with Crippen LogP contribution in [0.3, 0.4) is 0 Å². The van der Waals surface area contributed by atoms with Crippen molar-refractivity contribution in [3.63, 3.8) is 0 Å². The molecule has 2 aromatic carbocycles. The zero-order valence-electron chi connectivity index (χ0n) is 12.1. The minimum absolute atomic E-state index is 0.258. The van der Waals surface area contributed by atoms with Gasteiger partial charge in [-0.25, -0.2) is 4.79 Å². The maximum Gasteiger partial charge on any atom is 0.323 e. The summed E-state index contributed by atoms with van der Waals surface area (Å²) in [5, 5.41) is 11.7. The third-order valence-corrected chi connectivity index (χ3v) is 3.12. The largest absolute Gasteiger partial charge is 0.480 e. The lowest BCUT2D eigenvalue weighted by Crippen LogP contribution is -2.42. The van der Waals surface area contributed by atoms with Crippen molar-refractivity contribution in [1.29, 1.82) is 0 Å². The van der Waals surface area contributed by atoms with Gasteiger partial charge in [0.1, 0.15) is 6.54 Å². The van der Waals surface area contributed by atoms with E-state index in [0.29, 0.717) is 6.54 Å². The maximum atomic E-state index is 12.2. The number of carbonyl (C=O) groups excluding carboxylic acids is 1. The molecule has 0 aromatic heterocycles. The van der Waals surface area contributed by atoms with E-state index in [0.717, 1.165) is 11.1 Å². The third kappa shape index (κ3) is 4.94. The van der Waals surface area contributed by atoms with Crippen LogP contribution in [0.25, 0.3) is 0 Å². The van der Waals surface area contributed by atoms with Gasteiger partial charge in [0.25, 0.3) is 0 Å². The van der Waals surface area contributed by atoms with Crippen LogP contribution in [0.1, 0.15) is 11.1 Å². The summed E-state index contributed by atoms with van der Waals surface area (Å²) in [5.74, 6) is -1.04. The standard InChI is InChI=1S/C17H18N2O3/c20-16(21)13-19(12-15-9-5-2-6-10-15)17(22)18-11-14-7-3-1-4-8-14/h1-10H,11-13H2,(H,18,22)(H,20,21). The predicted octanol–water partition coefficient (Wildman–Crippen LogP) is 2.48. The average molecular weight is 298 g/mol. The van der Waals surface area contributed by atoms with Crippen LogP contribution in [0, 0.1) is 0 Å². The third-order valence-electron chi connectivity index (χ3n) is 3.12. The Morgan fingerprint density at radius 2 is 1.45 bits per heavy atom. The minimum Gasteiger partial charge on any atom is -0.480 e. The number of carbonyl (C=O) groups is 2. The van der Waals surface area contributed by atoms with Crippen LogP contribution >= 0.6 is 0 Å². The summed E-state index contributed by atoms with van der Waals surface area (Å²) in [5.41, 5.74) is 1.85. The van der Waals surface area contributed by atoms with Crippen molar-refractivity contribution in [2.75, 3.05) is 6.54 Å². The van der Waals surface area contributed by atoms with E-state index in [-0.39, 0.29) is 13.1 Å². The van der Waals surface area contributed by atoms with Crippen molar-refractivity contribution in [1.82, 2.24) is 10.2 Å². The molecule has 0 radical (unpaired) electrons. The minimum atomic E-state index is -1.04. The van der Waals surface area contributed by atoms with E-state index < -0.39 is 12.0 Å². The van der Waals surface area contributed by atoms with Gasteiger partial charge in [0, 0.05) is 13.1 Å². The van der Waals surface area contributed by atoms with Gasteiger partial charge in [-0.1, -0.05) is 60.7 Å². The van der Waals surface area contributed by atoms with Crippen LogP contribution in [0.2, 0.25) is 0 Å². The van der Waals surface area contributed by atoms with Gasteiger partial charge in [-0.3, -0.25) is 4.79 Å². The molecule has 0 heterocycles. The lowest BCUT2D eigenvalue weighted by Gasteiger charge is -2.21. The highest BCUT2D eigenvalue weighted by molar-refractivity contribution is 5.80. The van der Waals surface area contributed by atoms with Gasteiger partial charge in [-0.2, -0.15) is 0 Å². The predicted molar refractivity (Wildman–Crippen MR) is 83.2 cm³/mol. The zero-order valence-corrected chi connectivity index (χ0v) is 12.1. The lowest BCUT2D eigenvalue weighted by molar-refractivity contribution is -0.137. The molecule has 5 nitrogen and oxygen atoms in total. The second-order valence-electron chi connectivity index (χ2n) is 4.88. The van der Waals surface area contributed by atoms with E-state index in [1.54, 1.807) is 0 Å². The summed E-state index contributed by atoms with van der Waals surface area (Å²) in [4.78, 5) is 24.4. The molecular weight excluding hydrogens is 280 g/mol. The molecule has 114 valence electrons. The van der Waals surface area contributed by atoms with E-state index in [1.807, 2.05) is 60.7 Å². The first-order chi connectivity index (χ1) is 10.6. The van der Waals surface area contributed by atoms with Crippen LogP contribution in [0.5, 0.6) is 0 Å². The highest BCUT2D eigenvalue weighted by Gasteiger charge is 2.16. The fraction of sp³-hybridized carbons (Fsp3) is 0.176. The first-order valence-corrected chi connectivity index (χ1v) is 6.97. The number of hydrogen-bond donors (Lipinski definition) is 2. The molecule has 5 heteroatoms. The quantitative estimate of drug-likeness (QED) is 0.860. The van der Waals surface area contributed by atoms with Gasteiger partial charge in [0.05, 0.1) is 0 Å². The molecular formula is C17H18N2O3. The molecule has 0 atom stereocenters. The summed E-state index contributed by atoms with van der Waals surface area (Å²) in [6.07, 6.45) is 0. The Hall–Kier alpha value is -2.82. The Morgan fingerprint density at radius 1 is 0.909 bits per heavy atom. The van der Waals surface area contributed by atoms with Gasteiger partial charge in [0.2, 0.25) is 0 Å². The first kappa shape index (κ1) is 15.6. The summed E-state index contributed by atoms with van der Waals surface area (Å²) < 4.78 is 0. The Balaban J connectivity index is 1.98. The van der Waals surface area contributed by atoms with Crippen molar-refractivity contribution in [2.24, 2.45) is 0 Å². The summed E-state index contributed by atoms with van der Waals surface area (Å²) in [7, 11) is 0. The van der Waals surface area contributed by atoms with Crippen molar-refractivity contribution in [3.05, 3.63) is 71.8 Å². The van der Waals surface area contributed by atoms with Crippen LogP contribution < -0.4 is 5.32 Å². The highest BCUT2D eigenvalue weighted by Crippen LogP contribution is 2.05. The molecule has 2 N–H and O–H groups in total. The van der Waals surface area contributed by atoms with Crippen molar-refractivity contribution < 1.29 is 14.7 Å². The van der Waals surface area contributed by atoms with Gasteiger partial charge in [-0.05, 0) is 11.1 Å². The van der Waals surface area contributed by atoms with Crippen molar-refractivity contribution >= 4 is 12.0 Å². The van der Waals surface area contributed by atoms with Crippen LogP contribution in [-0.4, -0.2) is 28.6 Å². The number of urea groups is 1. The van der Waals surface area contributed by atoms with Crippen LogP contribution in [0.15, 0.2) is 60.7 Å². The Bertz CT molecular complexity index is 614. The molecule has 2 amide bonds. The van der Waals surface area contributed by atoms with Crippen molar-refractivity contribution in [3.8, 4) is 0 Å². The molecule has 0 aliphatic carbocycles. The lowest BCUT2D eigenvalue weighted by atomic mass is 10.2. The highest BCUT2D eigenvalue weighted by atomic mass is 16.4. The summed E-state index contributed by atoms with van der Waals surface area (Å²) in [6.45, 7) is 0.286. The van der Waals surface area contributed by atoms with E-state index in [2.05, 4.69) is 5.32 Å². The number of nitrogens with one attached hydrogen (secondary N) is 1. The molecule has 22 heavy (non-hydrogen) atoms. The van der Waals surface area contributed by atoms with E-state index >= 15 is 0 Å². The van der Waals surface area contributed by atoms with Gasteiger partial charge < -0.3 is 15.3 Å². The molecule has 2 aromatic rings. The topological polar surface area (TPSA) is 69.6 Å². The number of carboxylic acids is 1. The van der Waals surface area contributed by atoms with E-state index in [4.69, 9.17) is 5.11 Å². The molecule has 0 aliphatic heterocycles. The van der Waals surface area contributed by atoms with E-state index in [9.17, 15) is 9.59 Å². The Kier molecular flexibility index (Phi) is 5.54. The number of carboxylic acid groups (broad SMARTS) is 1. The maximum absolute atomic E-state index is 12.2. The SMILES string of the molecule is O=C(O)CN(Cc1ccccc1)C(=O)NCc1ccccc1. The molecule has 0 saturated carbocycles. The van der Waals surface area contributed by atoms with Crippen molar-refractivity contribution in [2.45, 2.75) is 13.1 Å². The number of rotatable bonds is 6. The monoisotopic (exact) mass is 298 g/mol. The smallest absolute Gasteiger partial charge is 0.323 e. The van der Waals surface area contributed by atoms with Gasteiger partial charge in [0.15, 0.2) is 0 Å². The zero-order chi connectivity index (χ0) is 15.8. The molecule has 0 fully saturated rings. The fourth-order valence-corrected chi connectivity index (χ4v) is 2.05. The molecule has 2 rings (SSSR count). The number of aliphatic carboxylic acids is 1. The molecule has 0 bridgehead atoms. The Morgan fingerprint density at radius 3 is 2.00 bits per heavy atom. The first-order valence-electron chi connectivity index (χ1n) is 6.97. The normalized spacial score (nSPS) is 10.0. The average Bonchev–Trinajstić information content (AvgIpc) is 2.53. The van der Waals surface area contributed by atoms with E-state index in [1.165, 1.54) is 4.90 Å². The van der Waals surface area contributed by atoms with Gasteiger partial charge >= 0.3 is 12.0 Å². The van der Waals surface area contributed by atoms with Gasteiger partial charge in [-0.15, -0.1) is 0 Å². The second kappa shape index (κ2) is 7.83. The molecule has 0 aliphatic rings. The number of hydrogen-bond acceptors (Lipinski definition) is 2. The number of benzene rings is 2. The summed E-state index contributed by atoms with van der Waals surface area (Å²) >= 11 is 0. The fourth-order valence-electron chi connectivity index (χ4n) is 2.05. The molecule has 0 unspecified atom stereocenters. The molecule has 0 spiro atoms. The number of amides is 2. The summed E-state index contributed by atoms with van der Waals surface area (Å²) in [6, 6.07) is 18.4.